The van der Waals surface area contributed by atoms with Gasteiger partial charge >= 0.3 is 0 Å². The van der Waals surface area contributed by atoms with E-state index >= 15 is 0 Å². The number of fused-ring (bicyclic) bond motifs is 1. The Labute approximate surface area is 191 Å². The Hall–Kier alpha value is -3.25. The molecular weight excluding hydrogens is 428 g/mol. The summed E-state index contributed by atoms with van der Waals surface area (Å²) >= 11 is 5.94. The molecule has 0 aromatic heterocycles. The Balaban J connectivity index is 1.68. The third-order valence-electron chi connectivity index (χ3n) is 6.03. The predicted molar refractivity (Wildman–Crippen MR) is 120 cm³/mol. The second kappa shape index (κ2) is 8.71. The Bertz CT molecular complexity index is 1120. The molecule has 1 heterocycles. The van der Waals surface area contributed by atoms with Crippen LogP contribution in [-0.4, -0.2) is 40.1 Å². The predicted octanol–water partition coefficient (Wildman–Crippen LogP) is 4.23. The van der Waals surface area contributed by atoms with Crippen LogP contribution in [0.4, 0.5) is 0 Å². The number of hydrogen-bond acceptors (Lipinski definition) is 4. The zero-order chi connectivity index (χ0) is 23.0. The molecule has 0 unspecified atom stereocenters. The lowest BCUT2D eigenvalue weighted by atomic mass is 9.82. The highest BCUT2D eigenvalue weighted by Gasteiger charge is 2.51. The van der Waals surface area contributed by atoms with Crippen LogP contribution in [0.1, 0.15) is 46.0 Å². The molecule has 1 fully saturated rings. The van der Waals surface area contributed by atoms with Gasteiger partial charge in [0.1, 0.15) is 6.54 Å². The van der Waals surface area contributed by atoms with Crippen molar-refractivity contribution in [1.29, 1.82) is 0 Å². The molecule has 0 N–H and O–H groups in total. The van der Waals surface area contributed by atoms with Crippen LogP contribution in [0.25, 0.3) is 0 Å². The van der Waals surface area contributed by atoms with Crippen molar-refractivity contribution in [3.8, 4) is 0 Å². The number of hydrazine groups is 1. The number of nitrogens with zero attached hydrogens (tertiary/aromatic N) is 2. The van der Waals surface area contributed by atoms with Crippen LogP contribution in [0.5, 0.6) is 0 Å². The number of rotatable bonds is 5. The molecule has 2 aromatic rings. The van der Waals surface area contributed by atoms with Gasteiger partial charge in [-0.1, -0.05) is 53.1 Å². The highest BCUT2D eigenvalue weighted by molar-refractivity contribution is 6.30. The van der Waals surface area contributed by atoms with Gasteiger partial charge in [-0.25, -0.2) is 5.01 Å². The summed E-state index contributed by atoms with van der Waals surface area (Å²) in [4.78, 5) is 52.9. The Morgan fingerprint density at radius 1 is 0.938 bits per heavy atom. The van der Waals surface area contributed by atoms with Crippen LogP contribution >= 0.6 is 11.6 Å². The standard InChI is InChI=1S/C25H23ClN2O4/c1-15-3-6-17(7-4-15)22(29)14-27(23(30)18-8-10-19(26)11-9-18)28-24(31)20-12-5-16(2)13-21(20)25(28)32/h3-11,20-21H,12-14H2,1-2H3/t20-,21+/m0/s1. The van der Waals surface area contributed by atoms with Crippen molar-refractivity contribution in [3.63, 3.8) is 0 Å². The monoisotopic (exact) mass is 450 g/mol. The number of carbonyl (C=O) groups is 4. The average Bonchev–Trinajstić information content (AvgIpc) is 3.02. The van der Waals surface area contributed by atoms with Crippen molar-refractivity contribution in [1.82, 2.24) is 10.0 Å². The molecule has 1 aliphatic heterocycles. The molecule has 164 valence electrons. The first-order valence-electron chi connectivity index (χ1n) is 10.5. The largest absolute Gasteiger partial charge is 0.292 e. The first-order valence-corrected chi connectivity index (χ1v) is 10.8. The van der Waals surface area contributed by atoms with Crippen molar-refractivity contribution in [3.05, 3.63) is 81.9 Å². The highest BCUT2D eigenvalue weighted by Crippen LogP contribution is 2.38. The average molecular weight is 451 g/mol. The normalized spacial score (nSPS) is 20.1. The molecule has 0 bridgehead atoms. The smallest absolute Gasteiger partial charge is 0.273 e. The van der Waals surface area contributed by atoms with Crippen LogP contribution in [0.15, 0.2) is 60.2 Å². The summed E-state index contributed by atoms with van der Waals surface area (Å²) in [5, 5.41) is 2.33. The minimum absolute atomic E-state index is 0.232. The second-order valence-electron chi connectivity index (χ2n) is 8.35. The number of allylic oxidation sites excluding steroid dienone is 2. The molecule has 0 spiro atoms. The molecule has 3 amide bonds. The fraction of sp³-hybridized carbons (Fsp3) is 0.280. The van der Waals surface area contributed by atoms with Crippen molar-refractivity contribution in [2.75, 3.05) is 6.54 Å². The number of ketones is 1. The van der Waals surface area contributed by atoms with Crippen molar-refractivity contribution >= 4 is 35.1 Å². The second-order valence-corrected chi connectivity index (χ2v) is 8.79. The van der Waals surface area contributed by atoms with Gasteiger partial charge in [0.2, 0.25) is 0 Å². The molecule has 0 radical (unpaired) electrons. The van der Waals surface area contributed by atoms with Crippen LogP contribution in [0.3, 0.4) is 0 Å². The number of halogens is 1. The maximum Gasteiger partial charge on any atom is 0.273 e. The zero-order valence-electron chi connectivity index (χ0n) is 17.9. The summed E-state index contributed by atoms with van der Waals surface area (Å²) < 4.78 is 0. The molecule has 0 saturated carbocycles. The van der Waals surface area contributed by atoms with Gasteiger partial charge < -0.3 is 0 Å². The number of carbonyl (C=O) groups excluding carboxylic acids is 4. The molecule has 1 aliphatic carbocycles. The molecule has 7 heteroatoms. The number of benzene rings is 2. The molecule has 32 heavy (non-hydrogen) atoms. The maximum atomic E-state index is 13.4. The zero-order valence-corrected chi connectivity index (χ0v) is 18.6. The molecule has 2 atom stereocenters. The minimum Gasteiger partial charge on any atom is -0.292 e. The fourth-order valence-corrected chi connectivity index (χ4v) is 4.33. The van der Waals surface area contributed by atoms with Gasteiger partial charge in [0.05, 0.1) is 11.8 Å². The molecule has 2 aliphatic rings. The molecule has 4 rings (SSSR count). The Morgan fingerprint density at radius 2 is 1.53 bits per heavy atom. The van der Waals surface area contributed by atoms with Crippen molar-refractivity contribution in [2.45, 2.75) is 26.7 Å². The van der Waals surface area contributed by atoms with Gasteiger partial charge in [-0.15, -0.1) is 0 Å². The van der Waals surface area contributed by atoms with E-state index in [1.165, 1.54) is 12.1 Å². The fourth-order valence-electron chi connectivity index (χ4n) is 4.20. The van der Waals surface area contributed by atoms with E-state index in [0.717, 1.165) is 21.2 Å². The minimum atomic E-state index is -0.604. The first kappa shape index (κ1) is 22.0. The van der Waals surface area contributed by atoms with Gasteiger partial charge in [-0.3, -0.25) is 19.2 Å². The summed E-state index contributed by atoms with van der Waals surface area (Å²) in [6.45, 7) is 3.41. The van der Waals surface area contributed by atoms with Crippen LogP contribution in [0.2, 0.25) is 5.02 Å². The van der Waals surface area contributed by atoms with Crippen molar-refractivity contribution in [2.24, 2.45) is 11.8 Å². The highest BCUT2D eigenvalue weighted by atomic mass is 35.5. The van der Waals surface area contributed by atoms with E-state index in [-0.39, 0.29) is 11.3 Å². The van der Waals surface area contributed by atoms with E-state index in [2.05, 4.69) is 0 Å². The summed E-state index contributed by atoms with van der Waals surface area (Å²) in [5.41, 5.74) is 2.67. The van der Waals surface area contributed by atoms with Crippen LogP contribution in [-0.2, 0) is 9.59 Å². The van der Waals surface area contributed by atoms with Gasteiger partial charge in [0.25, 0.3) is 17.7 Å². The molecular formula is C25H23ClN2O4. The van der Waals surface area contributed by atoms with E-state index in [9.17, 15) is 19.2 Å². The van der Waals surface area contributed by atoms with E-state index in [0.29, 0.717) is 23.4 Å². The lowest BCUT2D eigenvalue weighted by molar-refractivity contribution is -0.154. The number of Topliss-reactive ketones (excluding diaryl/α,β-unsaturated/α-hetero) is 1. The quantitative estimate of drug-likeness (QED) is 0.388. The van der Waals surface area contributed by atoms with E-state index in [1.807, 2.05) is 19.9 Å². The van der Waals surface area contributed by atoms with Gasteiger partial charge in [-0.05, 0) is 51.0 Å². The third-order valence-corrected chi connectivity index (χ3v) is 6.29. The lowest BCUT2D eigenvalue weighted by Crippen LogP contribution is -2.52. The molecule has 2 aromatic carbocycles. The Kier molecular flexibility index (Phi) is 5.98. The van der Waals surface area contributed by atoms with E-state index in [4.69, 9.17) is 11.6 Å². The van der Waals surface area contributed by atoms with E-state index < -0.39 is 36.1 Å². The molecule has 1 saturated heterocycles. The third kappa shape index (κ3) is 4.10. The van der Waals surface area contributed by atoms with Crippen LogP contribution in [0, 0.1) is 18.8 Å². The summed E-state index contributed by atoms with van der Waals surface area (Å²) in [6, 6.07) is 13.1. The summed E-state index contributed by atoms with van der Waals surface area (Å²) in [6.07, 6.45) is 2.88. The van der Waals surface area contributed by atoms with Gasteiger partial charge in [0.15, 0.2) is 5.78 Å². The number of imide groups is 1. The summed E-state index contributed by atoms with van der Waals surface area (Å²) in [7, 11) is 0. The SMILES string of the molecule is CC1=CC[C@@H]2C(=O)N(N(CC(=O)c3ccc(C)cc3)C(=O)c3ccc(Cl)cc3)C(=O)[C@@H]2C1. The molecule has 6 nitrogen and oxygen atoms in total. The Morgan fingerprint density at radius 3 is 2.19 bits per heavy atom. The van der Waals surface area contributed by atoms with Crippen molar-refractivity contribution < 1.29 is 19.2 Å². The number of aryl methyl sites for hydroxylation is 1. The topological polar surface area (TPSA) is 74.8 Å². The van der Waals surface area contributed by atoms with Crippen LogP contribution < -0.4 is 0 Å². The maximum absolute atomic E-state index is 13.4. The van der Waals surface area contributed by atoms with E-state index in [1.54, 1.807) is 36.4 Å². The summed E-state index contributed by atoms with van der Waals surface area (Å²) in [5.74, 6) is -2.87. The number of hydrogen-bond donors (Lipinski definition) is 0. The first-order chi connectivity index (χ1) is 15.3. The van der Waals surface area contributed by atoms with Gasteiger partial charge in [-0.2, -0.15) is 5.01 Å². The lowest BCUT2D eigenvalue weighted by Gasteiger charge is -2.30. The van der Waals surface area contributed by atoms with Gasteiger partial charge in [0, 0.05) is 16.1 Å². The number of amides is 3.